The lowest BCUT2D eigenvalue weighted by Gasteiger charge is -2.62. The predicted octanol–water partition coefficient (Wildman–Crippen LogP) is 3.43. The Kier molecular flexibility index (Phi) is 6.54. The van der Waals surface area contributed by atoms with E-state index in [2.05, 4.69) is 5.32 Å². The minimum atomic E-state index is -2.04. The number of ether oxygens (including phenoxy) is 1. The SMILES string of the molecule is CCCCNC(=O)O[C@@]1(C(=O)CO)[C@@H](C)CC2C3CCC4=CC(=O)C=C[C@]4(C)C3(F)[C@@H](O)C[C@@]21C. The third kappa shape index (κ3) is 3.39. The molecule has 0 spiro atoms. The number of aliphatic hydroxyl groups is 2. The first-order valence-corrected chi connectivity index (χ1v) is 12.8. The molecule has 3 saturated carbocycles. The number of fused-ring (bicyclic) bond motifs is 5. The van der Waals surface area contributed by atoms with E-state index in [1.807, 2.05) is 6.92 Å². The van der Waals surface area contributed by atoms with Gasteiger partial charge in [0.25, 0.3) is 0 Å². The molecule has 0 radical (unpaired) electrons. The van der Waals surface area contributed by atoms with Crippen molar-refractivity contribution in [2.24, 2.45) is 28.6 Å². The zero-order valence-electron chi connectivity index (χ0n) is 21.1. The van der Waals surface area contributed by atoms with Crippen molar-refractivity contribution in [1.82, 2.24) is 5.32 Å². The fourth-order valence-electron chi connectivity index (χ4n) is 8.07. The average molecular weight is 492 g/mol. The Labute approximate surface area is 206 Å². The number of alkyl carbamates (subject to hydrolysis) is 1. The van der Waals surface area contributed by atoms with Gasteiger partial charge in [-0.05, 0) is 57.1 Å². The number of carbonyl (C=O) groups excluding carboxylic acids is 3. The Morgan fingerprint density at radius 1 is 1.29 bits per heavy atom. The summed E-state index contributed by atoms with van der Waals surface area (Å²) in [5.41, 5.74) is -5.25. The fourth-order valence-corrected chi connectivity index (χ4v) is 8.07. The van der Waals surface area contributed by atoms with Crippen LogP contribution in [0.1, 0.15) is 66.2 Å². The molecule has 0 saturated heterocycles. The summed E-state index contributed by atoms with van der Waals surface area (Å²) in [4.78, 5) is 38.2. The van der Waals surface area contributed by atoms with E-state index >= 15 is 4.39 Å². The number of ketones is 2. The van der Waals surface area contributed by atoms with E-state index < -0.39 is 58.5 Å². The first-order chi connectivity index (χ1) is 16.4. The summed E-state index contributed by atoms with van der Waals surface area (Å²) < 4.78 is 23.2. The first kappa shape index (κ1) is 26.0. The highest BCUT2D eigenvalue weighted by Crippen LogP contribution is 2.71. The molecular weight excluding hydrogens is 453 g/mol. The number of Topliss-reactive ketones (excluding diaryl/α,β-unsaturated/α-hetero) is 1. The normalized spacial score (nSPS) is 44.1. The lowest BCUT2D eigenvalue weighted by molar-refractivity contribution is -0.219. The number of aliphatic hydroxyl groups excluding tert-OH is 2. The molecule has 35 heavy (non-hydrogen) atoms. The lowest BCUT2D eigenvalue weighted by atomic mass is 9.44. The van der Waals surface area contributed by atoms with Crippen molar-refractivity contribution >= 4 is 17.7 Å². The number of allylic oxidation sites excluding steroid dienone is 4. The van der Waals surface area contributed by atoms with Crippen molar-refractivity contribution in [3.05, 3.63) is 23.8 Å². The maximum absolute atomic E-state index is 17.3. The molecule has 3 N–H and O–H groups in total. The minimum absolute atomic E-state index is 0.104. The monoisotopic (exact) mass is 491 g/mol. The van der Waals surface area contributed by atoms with Crippen LogP contribution >= 0.6 is 0 Å². The van der Waals surface area contributed by atoms with Crippen LogP contribution in [-0.4, -0.2) is 58.4 Å². The highest BCUT2D eigenvalue weighted by molar-refractivity contribution is 6.01. The third-order valence-corrected chi connectivity index (χ3v) is 9.79. The number of hydrogen-bond donors (Lipinski definition) is 3. The van der Waals surface area contributed by atoms with Crippen molar-refractivity contribution in [2.45, 2.75) is 83.6 Å². The largest absolute Gasteiger partial charge is 0.434 e. The van der Waals surface area contributed by atoms with Crippen LogP contribution in [0.5, 0.6) is 0 Å². The van der Waals surface area contributed by atoms with E-state index in [1.165, 1.54) is 12.2 Å². The number of nitrogens with one attached hydrogen (secondary N) is 1. The number of halogens is 1. The van der Waals surface area contributed by atoms with E-state index in [1.54, 1.807) is 26.8 Å². The number of amides is 1. The van der Waals surface area contributed by atoms with Gasteiger partial charge < -0.3 is 20.3 Å². The van der Waals surface area contributed by atoms with Gasteiger partial charge in [-0.15, -0.1) is 0 Å². The molecule has 0 heterocycles. The molecule has 0 bridgehead atoms. The summed E-state index contributed by atoms with van der Waals surface area (Å²) in [7, 11) is 0. The maximum atomic E-state index is 17.3. The number of hydrogen-bond acceptors (Lipinski definition) is 6. The molecule has 0 aromatic rings. The van der Waals surface area contributed by atoms with Crippen LogP contribution in [0.4, 0.5) is 9.18 Å². The second-order valence-electron chi connectivity index (χ2n) is 11.4. The summed E-state index contributed by atoms with van der Waals surface area (Å²) in [5.74, 6) is -2.26. The van der Waals surface area contributed by atoms with Crippen molar-refractivity contribution in [1.29, 1.82) is 0 Å². The summed E-state index contributed by atoms with van der Waals surface area (Å²) >= 11 is 0. The molecule has 4 aliphatic carbocycles. The van der Waals surface area contributed by atoms with Gasteiger partial charge in [0.15, 0.2) is 17.1 Å². The first-order valence-electron chi connectivity index (χ1n) is 12.8. The van der Waals surface area contributed by atoms with E-state index in [-0.39, 0.29) is 18.1 Å². The molecule has 3 fully saturated rings. The van der Waals surface area contributed by atoms with Gasteiger partial charge in [-0.3, -0.25) is 9.59 Å². The smallest absolute Gasteiger partial charge is 0.408 e. The maximum Gasteiger partial charge on any atom is 0.408 e. The molecule has 4 rings (SSSR count). The van der Waals surface area contributed by atoms with Crippen LogP contribution in [-0.2, 0) is 14.3 Å². The van der Waals surface area contributed by atoms with Gasteiger partial charge in [0.2, 0.25) is 5.78 Å². The summed E-state index contributed by atoms with van der Waals surface area (Å²) in [5, 5.41) is 24.1. The third-order valence-electron chi connectivity index (χ3n) is 9.79. The predicted molar refractivity (Wildman–Crippen MR) is 127 cm³/mol. The number of rotatable bonds is 6. The van der Waals surface area contributed by atoms with Gasteiger partial charge in [0.05, 0.1) is 6.10 Å². The lowest BCUT2D eigenvalue weighted by Crippen LogP contribution is -2.70. The molecule has 0 aliphatic heterocycles. The van der Waals surface area contributed by atoms with Gasteiger partial charge in [0, 0.05) is 29.2 Å². The highest BCUT2D eigenvalue weighted by atomic mass is 19.1. The molecule has 194 valence electrons. The zero-order valence-corrected chi connectivity index (χ0v) is 21.1. The van der Waals surface area contributed by atoms with E-state index in [0.29, 0.717) is 31.4 Å². The Balaban J connectivity index is 1.76. The molecule has 8 atom stereocenters. The Morgan fingerprint density at radius 3 is 2.66 bits per heavy atom. The van der Waals surface area contributed by atoms with Crippen LogP contribution in [0, 0.1) is 28.6 Å². The van der Waals surface area contributed by atoms with E-state index in [0.717, 1.165) is 12.8 Å². The summed E-state index contributed by atoms with van der Waals surface area (Å²) in [6, 6.07) is 0. The molecule has 3 unspecified atom stereocenters. The summed E-state index contributed by atoms with van der Waals surface area (Å²) in [6.07, 6.45) is 5.11. The van der Waals surface area contributed by atoms with Crippen molar-refractivity contribution in [3.8, 4) is 0 Å². The average Bonchev–Trinajstić information content (AvgIpc) is 3.02. The molecular formula is C27H38FNO6. The number of alkyl halides is 1. The second kappa shape index (κ2) is 8.80. The van der Waals surface area contributed by atoms with Gasteiger partial charge in [0.1, 0.15) is 6.61 Å². The molecule has 8 heteroatoms. The van der Waals surface area contributed by atoms with Gasteiger partial charge in [-0.1, -0.05) is 38.8 Å². The highest BCUT2D eigenvalue weighted by Gasteiger charge is 2.77. The van der Waals surface area contributed by atoms with E-state index in [9.17, 15) is 24.6 Å². The number of carbonyl (C=O) groups is 3. The van der Waals surface area contributed by atoms with Gasteiger partial charge in [-0.2, -0.15) is 0 Å². The standard InChI is InChI=1S/C27H38FNO6/c1-5-6-11-29-23(34)35-27(22(33)15-30)16(2)12-20-19-8-7-17-13-18(31)9-10-24(17,3)26(19,28)21(32)14-25(20,27)4/h9-10,13,16,19-21,30,32H,5-8,11-12,14-15H2,1-4H3,(H,29,34)/t16-,19?,20?,21-,24-,25-,26?,27+/m0/s1. The van der Waals surface area contributed by atoms with Gasteiger partial charge >= 0.3 is 6.09 Å². The molecule has 0 aromatic carbocycles. The molecule has 4 aliphatic rings. The van der Waals surface area contributed by atoms with Crippen LogP contribution < -0.4 is 5.32 Å². The molecule has 1 amide bonds. The number of unbranched alkanes of at least 4 members (excludes halogenated alkanes) is 1. The fraction of sp³-hybridized carbons (Fsp3) is 0.741. The second-order valence-corrected chi connectivity index (χ2v) is 11.4. The Hall–Kier alpha value is -2.06. The Bertz CT molecular complexity index is 979. The minimum Gasteiger partial charge on any atom is -0.434 e. The van der Waals surface area contributed by atoms with Gasteiger partial charge in [-0.25, -0.2) is 9.18 Å². The zero-order chi connectivity index (χ0) is 25.8. The van der Waals surface area contributed by atoms with Crippen LogP contribution in [0.2, 0.25) is 0 Å². The quantitative estimate of drug-likeness (QED) is 0.491. The molecule has 0 aromatic heterocycles. The van der Waals surface area contributed by atoms with Crippen LogP contribution in [0.15, 0.2) is 23.8 Å². The van der Waals surface area contributed by atoms with E-state index in [4.69, 9.17) is 4.74 Å². The van der Waals surface area contributed by atoms with Crippen LogP contribution in [0.25, 0.3) is 0 Å². The van der Waals surface area contributed by atoms with Crippen LogP contribution in [0.3, 0.4) is 0 Å². The van der Waals surface area contributed by atoms with Crippen molar-refractivity contribution < 1.29 is 33.7 Å². The topological polar surface area (TPSA) is 113 Å². The van der Waals surface area contributed by atoms with Crippen molar-refractivity contribution in [2.75, 3.05) is 13.2 Å². The van der Waals surface area contributed by atoms with Crippen molar-refractivity contribution in [3.63, 3.8) is 0 Å². The Morgan fingerprint density at radius 2 is 2.00 bits per heavy atom. The summed E-state index contributed by atoms with van der Waals surface area (Å²) in [6.45, 7) is 6.91. The molecule has 7 nitrogen and oxygen atoms in total.